The standard InChI is InChI=1S/C7H7BF3N3/c8-5-4-3-12-1-2-14(4)6(13-5)7(9,10)11/h12H,1-3H2. The molecule has 0 saturated carbocycles. The summed E-state index contributed by atoms with van der Waals surface area (Å²) in [4.78, 5) is 3.34. The van der Waals surface area contributed by atoms with Gasteiger partial charge in [0.15, 0.2) is 0 Å². The van der Waals surface area contributed by atoms with E-state index < -0.39 is 12.0 Å². The molecule has 1 aliphatic heterocycles. The van der Waals surface area contributed by atoms with Crippen molar-refractivity contribution < 1.29 is 13.2 Å². The molecule has 1 aromatic heterocycles. The second-order valence-corrected chi connectivity index (χ2v) is 3.09. The second kappa shape index (κ2) is 3.01. The van der Waals surface area contributed by atoms with Gasteiger partial charge in [0.1, 0.15) is 7.85 Å². The van der Waals surface area contributed by atoms with E-state index in [4.69, 9.17) is 7.85 Å². The summed E-state index contributed by atoms with van der Waals surface area (Å²) in [7, 11) is 5.39. The zero-order valence-corrected chi connectivity index (χ0v) is 7.23. The van der Waals surface area contributed by atoms with Crippen molar-refractivity contribution in [3.05, 3.63) is 11.5 Å². The predicted octanol–water partition coefficient (Wildman–Crippen LogP) is -0.201. The fourth-order valence-corrected chi connectivity index (χ4v) is 1.55. The van der Waals surface area contributed by atoms with Crippen LogP contribution >= 0.6 is 0 Å². The average molecular weight is 201 g/mol. The summed E-state index contributed by atoms with van der Waals surface area (Å²) in [5, 5.41) is 2.94. The first-order valence-electron chi connectivity index (χ1n) is 4.13. The lowest BCUT2D eigenvalue weighted by atomic mass is 10.0. The number of halogens is 3. The smallest absolute Gasteiger partial charge is 0.323 e. The number of aromatic nitrogens is 2. The third kappa shape index (κ3) is 1.41. The molecule has 3 nitrogen and oxygen atoms in total. The van der Waals surface area contributed by atoms with Crippen molar-refractivity contribution in [3.8, 4) is 0 Å². The number of hydrogen-bond acceptors (Lipinski definition) is 2. The van der Waals surface area contributed by atoms with Crippen LogP contribution < -0.4 is 10.9 Å². The Morgan fingerprint density at radius 1 is 1.43 bits per heavy atom. The molecule has 2 heterocycles. The molecule has 0 atom stereocenters. The Morgan fingerprint density at radius 2 is 2.14 bits per heavy atom. The monoisotopic (exact) mass is 201 g/mol. The Morgan fingerprint density at radius 3 is 2.79 bits per heavy atom. The van der Waals surface area contributed by atoms with E-state index in [1.165, 1.54) is 0 Å². The minimum atomic E-state index is -4.43. The number of rotatable bonds is 0. The molecule has 0 spiro atoms. The van der Waals surface area contributed by atoms with Crippen molar-refractivity contribution >= 4 is 13.4 Å². The third-order valence-corrected chi connectivity index (χ3v) is 2.16. The average Bonchev–Trinajstić information content (AvgIpc) is 2.44. The summed E-state index contributed by atoms with van der Waals surface area (Å²) in [5.41, 5.74) is 0.383. The molecule has 0 fully saturated rings. The minimum Gasteiger partial charge on any atom is -0.323 e. The van der Waals surface area contributed by atoms with Crippen LogP contribution in [0.3, 0.4) is 0 Å². The van der Waals surface area contributed by atoms with Crippen LogP contribution in [-0.2, 0) is 19.3 Å². The number of alkyl halides is 3. The minimum absolute atomic E-state index is 0.0375. The predicted molar refractivity (Wildman–Crippen MR) is 44.3 cm³/mol. The molecule has 0 saturated heterocycles. The molecule has 2 rings (SSSR count). The van der Waals surface area contributed by atoms with Crippen molar-refractivity contribution in [2.45, 2.75) is 19.3 Å². The van der Waals surface area contributed by atoms with Gasteiger partial charge in [-0.3, -0.25) is 0 Å². The maximum atomic E-state index is 12.4. The lowest BCUT2D eigenvalue weighted by molar-refractivity contribution is -0.147. The van der Waals surface area contributed by atoms with Crippen molar-refractivity contribution in [2.75, 3.05) is 6.54 Å². The van der Waals surface area contributed by atoms with Crippen LogP contribution in [0.15, 0.2) is 0 Å². The van der Waals surface area contributed by atoms with E-state index in [1.54, 1.807) is 0 Å². The van der Waals surface area contributed by atoms with E-state index in [-0.39, 0.29) is 12.1 Å². The van der Waals surface area contributed by atoms with E-state index in [2.05, 4.69) is 10.3 Å². The summed E-state index contributed by atoms with van der Waals surface area (Å²) in [6.45, 7) is 1.11. The van der Waals surface area contributed by atoms with Gasteiger partial charge in [-0.05, 0) is 0 Å². The maximum absolute atomic E-state index is 12.4. The van der Waals surface area contributed by atoms with Crippen LogP contribution in [0, 0.1) is 0 Å². The molecule has 1 aromatic rings. The number of fused-ring (bicyclic) bond motifs is 1. The van der Waals surface area contributed by atoms with Crippen molar-refractivity contribution in [2.24, 2.45) is 0 Å². The van der Waals surface area contributed by atoms with Crippen LogP contribution in [0.5, 0.6) is 0 Å². The van der Waals surface area contributed by atoms with Crippen LogP contribution in [0.2, 0.25) is 0 Å². The summed E-state index contributed by atoms with van der Waals surface area (Å²) in [6.07, 6.45) is -4.43. The van der Waals surface area contributed by atoms with Crippen LogP contribution in [0.1, 0.15) is 11.5 Å². The van der Waals surface area contributed by atoms with Gasteiger partial charge in [0, 0.05) is 30.9 Å². The highest BCUT2D eigenvalue weighted by atomic mass is 19.4. The Bertz CT molecular complexity index is 358. The maximum Gasteiger partial charge on any atom is 0.449 e. The number of nitrogens with zero attached hydrogens (tertiary/aromatic N) is 2. The quantitative estimate of drug-likeness (QED) is 0.589. The Balaban J connectivity index is 2.52. The zero-order chi connectivity index (χ0) is 10.3. The van der Waals surface area contributed by atoms with Crippen LogP contribution in [0.25, 0.3) is 0 Å². The summed E-state index contributed by atoms with van der Waals surface area (Å²) < 4.78 is 38.4. The Labute approximate surface area is 79.7 Å². The molecule has 0 aliphatic carbocycles. The van der Waals surface area contributed by atoms with Crippen LogP contribution in [0.4, 0.5) is 13.2 Å². The van der Waals surface area contributed by atoms with Gasteiger partial charge in [-0.2, -0.15) is 13.2 Å². The van der Waals surface area contributed by atoms with Gasteiger partial charge in [-0.1, -0.05) is 0 Å². The van der Waals surface area contributed by atoms with Gasteiger partial charge in [0.25, 0.3) is 0 Å². The Hall–Kier alpha value is -0.975. The molecule has 7 heteroatoms. The van der Waals surface area contributed by atoms with Gasteiger partial charge >= 0.3 is 6.18 Å². The number of hydrogen-bond donors (Lipinski definition) is 1. The van der Waals surface area contributed by atoms with Crippen molar-refractivity contribution in [3.63, 3.8) is 0 Å². The lowest BCUT2D eigenvalue weighted by Crippen LogP contribution is -2.32. The van der Waals surface area contributed by atoms with Crippen LogP contribution in [-0.4, -0.2) is 23.9 Å². The molecule has 14 heavy (non-hydrogen) atoms. The third-order valence-electron chi connectivity index (χ3n) is 2.16. The van der Waals surface area contributed by atoms with Crippen molar-refractivity contribution in [1.29, 1.82) is 0 Å². The molecule has 0 unspecified atom stereocenters. The highest BCUT2D eigenvalue weighted by molar-refractivity contribution is 6.31. The van der Waals surface area contributed by atoms with E-state index in [0.717, 1.165) is 4.57 Å². The molecular weight excluding hydrogens is 194 g/mol. The molecule has 2 radical (unpaired) electrons. The molecule has 0 bridgehead atoms. The number of nitrogens with one attached hydrogen (secondary N) is 1. The van der Waals surface area contributed by atoms with Gasteiger partial charge in [0.2, 0.25) is 5.82 Å². The van der Waals surface area contributed by atoms with E-state index in [1.807, 2.05) is 0 Å². The molecule has 1 aliphatic rings. The van der Waals surface area contributed by atoms with Gasteiger partial charge in [0.05, 0.1) is 0 Å². The first kappa shape index (κ1) is 9.58. The summed E-state index contributed by atoms with van der Waals surface area (Å²) in [5.74, 6) is -0.897. The normalized spacial score (nSPS) is 16.8. The highest BCUT2D eigenvalue weighted by Gasteiger charge is 2.38. The van der Waals surface area contributed by atoms with Gasteiger partial charge < -0.3 is 9.88 Å². The summed E-state index contributed by atoms with van der Waals surface area (Å²) >= 11 is 0. The second-order valence-electron chi connectivity index (χ2n) is 3.09. The first-order valence-corrected chi connectivity index (χ1v) is 4.13. The van der Waals surface area contributed by atoms with E-state index >= 15 is 0 Å². The summed E-state index contributed by atoms with van der Waals surface area (Å²) in [6, 6.07) is 0. The molecular formula is C7H7BF3N3. The largest absolute Gasteiger partial charge is 0.449 e. The zero-order valence-electron chi connectivity index (χ0n) is 7.23. The fourth-order valence-electron chi connectivity index (χ4n) is 1.55. The van der Waals surface area contributed by atoms with Gasteiger partial charge in [-0.15, -0.1) is 0 Å². The molecule has 1 N–H and O–H groups in total. The molecule has 0 amide bonds. The number of imidazole rings is 1. The van der Waals surface area contributed by atoms with E-state index in [0.29, 0.717) is 18.8 Å². The SMILES string of the molecule is [B]c1nc(C(F)(F)F)n2c1CNCC2. The van der Waals surface area contributed by atoms with Gasteiger partial charge in [-0.25, -0.2) is 4.98 Å². The Kier molecular flexibility index (Phi) is 2.06. The van der Waals surface area contributed by atoms with E-state index in [9.17, 15) is 13.2 Å². The topological polar surface area (TPSA) is 29.9 Å². The molecule has 74 valence electrons. The van der Waals surface area contributed by atoms with Crippen molar-refractivity contribution in [1.82, 2.24) is 14.9 Å². The fraction of sp³-hybridized carbons (Fsp3) is 0.571. The lowest BCUT2D eigenvalue weighted by Gasteiger charge is -2.19. The highest BCUT2D eigenvalue weighted by Crippen LogP contribution is 2.28. The first-order chi connectivity index (χ1) is 6.50. The molecule has 0 aromatic carbocycles.